The van der Waals surface area contributed by atoms with Crippen LogP contribution in [0.3, 0.4) is 0 Å². The molecule has 0 radical (unpaired) electrons. The van der Waals surface area contributed by atoms with Gasteiger partial charge in [-0.05, 0) is 30.5 Å². The molecule has 3 rings (SSSR count). The molecule has 1 atom stereocenters. The third-order valence-electron chi connectivity index (χ3n) is 4.29. The smallest absolute Gasteiger partial charge is 0.259 e. The summed E-state index contributed by atoms with van der Waals surface area (Å²) in [4.78, 5) is 4.36. The van der Waals surface area contributed by atoms with E-state index in [0.29, 0.717) is 18.8 Å². The minimum Gasteiger partial charge on any atom is -0.259 e. The molecule has 0 saturated carbocycles. The third-order valence-corrected chi connectivity index (χ3v) is 5.87. The first-order valence-corrected chi connectivity index (χ1v) is 9.84. The van der Waals surface area contributed by atoms with Crippen LogP contribution in [0.5, 0.6) is 0 Å². The summed E-state index contributed by atoms with van der Waals surface area (Å²) >= 11 is 0. The van der Waals surface area contributed by atoms with Crippen molar-refractivity contribution < 1.29 is 8.42 Å². The highest BCUT2D eigenvalue weighted by Crippen LogP contribution is 2.22. The van der Waals surface area contributed by atoms with E-state index in [0.717, 1.165) is 31.2 Å². The molecule has 0 amide bonds. The molecule has 1 N–H and O–H groups in total. The van der Waals surface area contributed by atoms with Crippen molar-refractivity contribution >= 4 is 10.2 Å². The van der Waals surface area contributed by atoms with Crippen molar-refractivity contribution in [1.29, 1.82) is 0 Å². The Balaban J connectivity index is 1.89. The lowest BCUT2D eigenvalue weighted by atomic mass is 10.0. The van der Waals surface area contributed by atoms with Crippen molar-refractivity contribution in [3.05, 3.63) is 66.0 Å². The molecule has 0 aliphatic carbocycles. The molecule has 24 heavy (non-hydrogen) atoms. The van der Waals surface area contributed by atoms with E-state index in [1.165, 1.54) is 0 Å². The second-order valence-electron chi connectivity index (χ2n) is 6.03. The number of aromatic nitrogens is 1. The molecule has 0 spiro atoms. The van der Waals surface area contributed by atoms with Crippen LogP contribution < -0.4 is 4.72 Å². The molecule has 1 aromatic heterocycles. The molecule has 1 aliphatic heterocycles. The van der Waals surface area contributed by atoms with Crippen LogP contribution in [-0.4, -0.2) is 30.8 Å². The highest BCUT2D eigenvalue weighted by Gasteiger charge is 2.28. The van der Waals surface area contributed by atoms with Gasteiger partial charge in [0.05, 0.1) is 11.7 Å². The Hall–Kier alpha value is -1.76. The number of nitrogens with zero attached hydrogens (tertiary/aromatic N) is 2. The number of benzene rings is 1. The summed E-state index contributed by atoms with van der Waals surface area (Å²) in [5, 5.41) is 0. The molecule has 5 nitrogen and oxygen atoms in total. The highest BCUT2D eigenvalue weighted by atomic mass is 32.2. The van der Waals surface area contributed by atoms with Crippen molar-refractivity contribution in [1.82, 2.24) is 14.0 Å². The number of hydrogen-bond acceptors (Lipinski definition) is 3. The maximum Gasteiger partial charge on any atom is 0.280 e. The van der Waals surface area contributed by atoms with Gasteiger partial charge in [-0.1, -0.05) is 49.2 Å². The van der Waals surface area contributed by atoms with Gasteiger partial charge < -0.3 is 0 Å². The Morgan fingerprint density at radius 2 is 1.58 bits per heavy atom. The summed E-state index contributed by atoms with van der Waals surface area (Å²) < 4.78 is 30.2. The first-order chi connectivity index (χ1) is 11.7. The van der Waals surface area contributed by atoms with Crippen LogP contribution in [0.25, 0.3) is 0 Å². The average Bonchev–Trinajstić information content (AvgIpc) is 2.91. The van der Waals surface area contributed by atoms with Crippen molar-refractivity contribution in [2.45, 2.75) is 31.7 Å². The van der Waals surface area contributed by atoms with Gasteiger partial charge in [-0.25, -0.2) is 0 Å². The van der Waals surface area contributed by atoms with Gasteiger partial charge in [-0.15, -0.1) is 0 Å². The number of pyridine rings is 1. The molecule has 2 heterocycles. The summed E-state index contributed by atoms with van der Waals surface area (Å²) in [6.07, 6.45) is 5.70. The van der Waals surface area contributed by atoms with Crippen molar-refractivity contribution in [3.8, 4) is 0 Å². The summed E-state index contributed by atoms with van der Waals surface area (Å²) in [7, 11) is -3.56. The van der Waals surface area contributed by atoms with Crippen LogP contribution in [-0.2, 0) is 10.2 Å². The molecule has 128 valence electrons. The first kappa shape index (κ1) is 17.1. The standard InChI is InChI=1S/C18H23N3O2S/c22-24(23,21-14-8-1-2-9-15-21)20-18(16-10-4-3-5-11-16)17-12-6-7-13-19-17/h3-7,10-13,18,20H,1-2,8-9,14-15H2. The molecule has 1 fully saturated rings. The summed E-state index contributed by atoms with van der Waals surface area (Å²) in [5.74, 6) is 0. The van der Waals surface area contributed by atoms with E-state index in [2.05, 4.69) is 9.71 Å². The molecule has 1 aliphatic rings. The first-order valence-electron chi connectivity index (χ1n) is 8.40. The molecule has 1 unspecified atom stereocenters. The largest absolute Gasteiger partial charge is 0.280 e. The fraction of sp³-hybridized carbons (Fsp3) is 0.389. The van der Waals surface area contributed by atoms with Crippen LogP contribution in [0.15, 0.2) is 54.7 Å². The zero-order valence-electron chi connectivity index (χ0n) is 13.6. The molecule has 0 bridgehead atoms. The molecule has 6 heteroatoms. The van der Waals surface area contributed by atoms with Crippen molar-refractivity contribution in [2.75, 3.05) is 13.1 Å². The van der Waals surface area contributed by atoms with Gasteiger partial charge in [0.15, 0.2) is 0 Å². The maximum absolute atomic E-state index is 12.9. The van der Waals surface area contributed by atoms with E-state index in [1.54, 1.807) is 10.5 Å². The molecule has 1 saturated heterocycles. The lowest BCUT2D eigenvalue weighted by Gasteiger charge is -2.25. The lowest BCUT2D eigenvalue weighted by molar-refractivity contribution is 0.411. The van der Waals surface area contributed by atoms with Crippen molar-refractivity contribution in [2.24, 2.45) is 0 Å². The SMILES string of the molecule is O=S(=O)(NC(c1ccccc1)c1ccccn1)N1CCCCCC1. The normalized spacial score (nSPS) is 18.0. The predicted molar refractivity (Wildman–Crippen MR) is 94.6 cm³/mol. The van der Waals surface area contributed by atoms with E-state index >= 15 is 0 Å². The Kier molecular flexibility index (Phi) is 5.60. The molecule has 2 aromatic rings. The minimum atomic E-state index is -3.56. The number of rotatable bonds is 5. The lowest BCUT2D eigenvalue weighted by Crippen LogP contribution is -2.43. The Morgan fingerprint density at radius 1 is 0.917 bits per heavy atom. The van der Waals surface area contributed by atoms with Gasteiger partial charge in [0.2, 0.25) is 0 Å². The minimum absolute atomic E-state index is 0.486. The van der Waals surface area contributed by atoms with E-state index in [4.69, 9.17) is 0 Å². The van der Waals surface area contributed by atoms with Crippen LogP contribution in [0.1, 0.15) is 43.0 Å². The number of hydrogen-bond donors (Lipinski definition) is 1. The number of nitrogens with one attached hydrogen (secondary N) is 1. The summed E-state index contributed by atoms with van der Waals surface area (Å²) in [6, 6.07) is 14.6. The van der Waals surface area contributed by atoms with Crippen LogP contribution in [0.2, 0.25) is 0 Å². The second kappa shape index (κ2) is 7.88. The average molecular weight is 345 g/mol. The van der Waals surface area contributed by atoms with E-state index < -0.39 is 16.3 Å². The van der Waals surface area contributed by atoms with Crippen LogP contribution in [0.4, 0.5) is 0 Å². The Morgan fingerprint density at radius 3 is 2.21 bits per heavy atom. The Labute approximate surface area is 143 Å². The van der Waals surface area contributed by atoms with Gasteiger partial charge >= 0.3 is 0 Å². The predicted octanol–water partition coefficient (Wildman–Crippen LogP) is 2.88. The fourth-order valence-electron chi connectivity index (χ4n) is 3.00. The Bertz CT molecular complexity index is 688. The quantitative estimate of drug-likeness (QED) is 0.906. The highest BCUT2D eigenvalue weighted by molar-refractivity contribution is 7.87. The monoisotopic (exact) mass is 345 g/mol. The molecular weight excluding hydrogens is 322 g/mol. The van der Waals surface area contributed by atoms with Crippen LogP contribution in [0, 0.1) is 0 Å². The fourth-order valence-corrected chi connectivity index (χ4v) is 4.44. The van der Waals surface area contributed by atoms with Crippen molar-refractivity contribution in [3.63, 3.8) is 0 Å². The molecule has 1 aromatic carbocycles. The summed E-state index contributed by atoms with van der Waals surface area (Å²) in [5.41, 5.74) is 1.58. The third kappa shape index (κ3) is 4.20. The summed E-state index contributed by atoms with van der Waals surface area (Å²) in [6.45, 7) is 1.16. The molecular formula is C18H23N3O2S. The van der Waals surface area contributed by atoms with E-state index in [-0.39, 0.29) is 0 Å². The van der Waals surface area contributed by atoms with E-state index in [1.807, 2.05) is 48.5 Å². The van der Waals surface area contributed by atoms with Gasteiger partial charge in [0.1, 0.15) is 0 Å². The van der Waals surface area contributed by atoms with Gasteiger partial charge in [0.25, 0.3) is 10.2 Å². The van der Waals surface area contributed by atoms with Gasteiger partial charge in [-0.3, -0.25) is 4.98 Å². The maximum atomic E-state index is 12.9. The van der Waals surface area contributed by atoms with Crippen LogP contribution >= 0.6 is 0 Å². The second-order valence-corrected chi connectivity index (χ2v) is 7.74. The van der Waals surface area contributed by atoms with E-state index in [9.17, 15) is 8.42 Å². The zero-order chi connectivity index (χ0) is 16.8. The zero-order valence-corrected chi connectivity index (χ0v) is 14.5. The topological polar surface area (TPSA) is 62.3 Å². The van der Waals surface area contributed by atoms with Gasteiger partial charge in [-0.2, -0.15) is 17.4 Å². The van der Waals surface area contributed by atoms with Gasteiger partial charge in [0, 0.05) is 19.3 Å².